The first-order valence-electron chi connectivity index (χ1n) is 10.7. The van der Waals surface area contributed by atoms with Gasteiger partial charge in [-0.3, -0.25) is 4.79 Å². The molecule has 1 aliphatic heterocycles. The van der Waals surface area contributed by atoms with E-state index in [1.165, 1.54) is 26.3 Å². The zero-order chi connectivity index (χ0) is 24.9. The standard InChI is InChI=1S/C27H24N2O6/c1-17-21(26(30)29(28-17)20-8-6-5-7-9-20)14-18-10-12-23(24(15-18)33-3)35-27(31)19-11-13-22(32-2)25(16-19)34-4/h5-16H,1-4H3/b21-14+. The molecule has 8 nitrogen and oxygen atoms in total. The van der Waals surface area contributed by atoms with E-state index in [2.05, 4.69) is 5.10 Å². The number of anilines is 1. The molecule has 1 aliphatic rings. The predicted octanol–water partition coefficient (Wildman–Crippen LogP) is 4.74. The maximum atomic E-state index is 13.0. The van der Waals surface area contributed by atoms with Crippen molar-refractivity contribution in [2.24, 2.45) is 5.10 Å². The van der Waals surface area contributed by atoms with Gasteiger partial charge in [0.15, 0.2) is 23.0 Å². The summed E-state index contributed by atoms with van der Waals surface area (Å²) < 4.78 is 21.4. The molecule has 1 heterocycles. The largest absolute Gasteiger partial charge is 0.493 e. The number of amides is 1. The number of rotatable bonds is 7. The van der Waals surface area contributed by atoms with Crippen LogP contribution in [-0.4, -0.2) is 38.9 Å². The zero-order valence-electron chi connectivity index (χ0n) is 19.8. The van der Waals surface area contributed by atoms with E-state index in [0.29, 0.717) is 45.3 Å². The molecular weight excluding hydrogens is 448 g/mol. The fourth-order valence-electron chi connectivity index (χ4n) is 3.58. The van der Waals surface area contributed by atoms with Crippen LogP contribution in [-0.2, 0) is 4.79 Å². The van der Waals surface area contributed by atoms with Crippen molar-refractivity contribution in [2.45, 2.75) is 6.92 Å². The summed E-state index contributed by atoms with van der Waals surface area (Å²) in [6.45, 7) is 1.78. The van der Waals surface area contributed by atoms with Crippen LogP contribution in [0.25, 0.3) is 6.08 Å². The highest BCUT2D eigenvalue weighted by Crippen LogP contribution is 2.32. The number of para-hydroxylation sites is 1. The smallest absolute Gasteiger partial charge is 0.343 e. The Labute approximate surface area is 203 Å². The van der Waals surface area contributed by atoms with Gasteiger partial charge >= 0.3 is 5.97 Å². The van der Waals surface area contributed by atoms with Crippen LogP contribution >= 0.6 is 0 Å². The van der Waals surface area contributed by atoms with Crippen molar-refractivity contribution >= 4 is 29.4 Å². The van der Waals surface area contributed by atoms with E-state index in [9.17, 15) is 9.59 Å². The van der Waals surface area contributed by atoms with Crippen molar-refractivity contribution < 1.29 is 28.5 Å². The summed E-state index contributed by atoms with van der Waals surface area (Å²) >= 11 is 0. The molecule has 0 bridgehead atoms. The van der Waals surface area contributed by atoms with E-state index >= 15 is 0 Å². The van der Waals surface area contributed by atoms with E-state index in [-0.39, 0.29) is 11.7 Å². The van der Waals surface area contributed by atoms with Crippen LogP contribution in [0.5, 0.6) is 23.0 Å². The lowest BCUT2D eigenvalue weighted by atomic mass is 10.1. The molecule has 0 radical (unpaired) electrons. The second-order valence-electron chi connectivity index (χ2n) is 7.57. The third-order valence-corrected chi connectivity index (χ3v) is 5.38. The van der Waals surface area contributed by atoms with E-state index in [0.717, 1.165) is 0 Å². The van der Waals surface area contributed by atoms with Crippen molar-refractivity contribution in [1.29, 1.82) is 0 Å². The quantitative estimate of drug-likeness (QED) is 0.281. The lowest BCUT2D eigenvalue weighted by Gasteiger charge is -2.12. The Morgan fingerprint density at radius 1 is 0.829 bits per heavy atom. The fraction of sp³-hybridized carbons (Fsp3) is 0.148. The van der Waals surface area contributed by atoms with Crippen molar-refractivity contribution in [3.05, 3.63) is 83.4 Å². The lowest BCUT2D eigenvalue weighted by molar-refractivity contribution is -0.114. The normalized spacial score (nSPS) is 14.1. The molecule has 0 aliphatic carbocycles. The first kappa shape index (κ1) is 23.6. The van der Waals surface area contributed by atoms with Crippen molar-refractivity contribution in [2.75, 3.05) is 26.3 Å². The van der Waals surface area contributed by atoms with Gasteiger partial charge in [-0.05, 0) is 61.0 Å². The highest BCUT2D eigenvalue weighted by molar-refractivity contribution is 6.32. The molecule has 0 spiro atoms. The van der Waals surface area contributed by atoms with E-state index in [4.69, 9.17) is 18.9 Å². The SMILES string of the molecule is COc1ccc(C(=O)Oc2ccc(/C=C3/C(=O)N(c4ccccc4)N=C3C)cc2OC)cc1OC. The molecule has 0 saturated carbocycles. The molecule has 0 fully saturated rings. The fourth-order valence-corrected chi connectivity index (χ4v) is 3.58. The number of methoxy groups -OCH3 is 3. The summed E-state index contributed by atoms with van der Waals surface area (Å²) in [5, 5.41) is 5.76. The average molecular weight is 472 g/mol. The first-order chi connectivity index (χ1) is 16.9. The molecular formula is C27H24N2O6. The topological polar surface area (TPSA) is 86.7 Å². The van der Waals surface area contributed by atoms with E-state index in [1.807, 2.05) is 30.3 Å². The zero-order valence-corrected chi connectivity index (χ0v) is 19.8. The van der Waals surface area contributed by atoms with Crippen molar-refractivity contribution in [3.8, 4) is 23.0 Å². The van der Waals surface area contributed by atoms with Crippen LogP contribution in [0.4, 0.5) is 5.69 Å². The lowest BCUT2D eigenvalue weighted by Crippen LogP contribution is -2.21. The third kappa shape index (κ3) is 4.86. The first-order valence-corrected chi connectivity index (χ1v) is 10.7. The molecule has 178 valence electrons. The van der Waals surface area contributed by atoms with Crippen LogP contribution in [0.15, 0.2) is 77.4 Å². The molecule has 8 heteroatoms. The monoisotopic (exact) mass is 472 g/mol. The van der Waals surface area contributed by atoms with Gasteiger partial charge in [0.1, 0.15) is 0 Å². The summed E-state index contributed by atoms with van der Waals surface area (Å²) in [4.78, 5) is 25.7. The number of carbonyl (C=O) groups is 2. The average Bonchev–Trinajstić information content (AvgIpc) is 3.17. The van der Waals surface area contributed by atoms with Crippen LogP contribution in [0, 0.1) is 0 Å². The molecule has 0 atom stereocenters. The van der Waals surface area contributed by atoms with Crippen LogP contribution in [0.2, 0.25) is 0 Å². The number of carbonyl (C=O) groups excluding carboxylic acids is 2. The Balaban J connectivity index is 1.56. The molecule has 3 aromatic rings. The van der Waals surface area contributed by atoms with Gasteiger partial charge < -0.3 is 18.9 Å². The molecule has 0 unspecified atom stereocenters. The van der Waals surface area contributed by atoms with Gasteiger partial charge in [0, 0.05) is 0 Å². The maximum Gasteiger partial charge on any atom is 0.343 e. The van der Waals surface area contributed by atoms with Gasteiger partial charge in [-0.25, -0.2) is 4.79 Å². The van der Waals surface area contributed by atoms with Gasteiger partial charge in [-0.15, -0.1) is 0 Å². The minimum Gasteiger partial charge on any atom is -0.493 e. The van der Waals surface area contributed by atoms with Crippen LogP contribution in [0.1, 0.15) is 22.8 Å². The summed E-state index contributed by atoms with van der Waals surface area (Å²) in [6.07, 6.45) is 1.73. The van der Waals surface area contributed by atoms with Gasteiger partial charge in [-0.2, -0.15) is 10.1 Å². The summed E-state index contributed by atoms with van der Waals surface area (Å²) in [5.41, 5.74) is 2.74. The van der Waals surface area contributed by atoms with Crippen molar-refractivity contribution in [3.63, 3.8) is 0 Å². The summed E-state index contributed by atoms with van der Waals surface area (Å²) in [7, 11) is 4.48. The van der Waals surface area contributed by atoms with E-state index < -0.39 is 5.97 Å². The van der Waals surface area contributed by atoms with Gasteiger partial charge in [0.05, 0.1) is 43.9 Å². The minimum absolute atomic E-state index is 0.225. The molecule has 3 aromatic carbocycles. The number of esters is 1. The van der Waals surface area contributed by atoms with Crippen LogP contribution < -0.4 is 24.0 Å². The second-order valence-corrected chi connectivity index (χ2v) is 7.57. The van der Waals surface area contributed by atoms with Crippen molar-refractivity contribution in [1.82, 2.24) is 0 Å². The number of hydrazone groups is 1. The highest BCUT2D eigenvalue weighted by Gasteiger charge is 2.28. The third-order valence-electron chi connectivity index (χ3n) is 5.38. The molecule has 0 N–H and O–H groups in total. The summed E-state index contributed by atoms with van der Waals surface area (Å²) in [5.74, 6) is 0.694. The Bertz CT molecular complexity index is 1330. The molecule has 4 rings (SSSR count). The second kappa shape index (κ2) is 10.1. The van der Waals surface area contributed by atoms with E-state index in [1.54, 1.807) is 49.4 Å². The van der Waals surface area contributed by atoms with Crippen LogP contribution in [0.3, 0.4) is 0 Å². The Morgan fingerprint density at radius 2 is 1.49 bits per heavy atom. The Kier molecular flexibility index (Phi) is 6.82. The highest BCUT2D eigenvalue weighted by atomic mass is 16.6. The Hall–Kier alpha value is -4.59. The Morgan fingerprint density at radius 3 is 2.17 bits per heavy atom. The number of ether oxygens (including phenoxy) is 4. The minimum atomic E-state index is -0.581. The molecule has 1 amide bonds. The molecule has 35 heavy (non-hydrogen) atoms. The molecule has 0 aromatic heterocycles. The molecule has 0 saturated heterocycles. The number of hydrogen-bond acceptors (Lipinski definition) is 7. The van der Waals surface area contributed by atoms with Gasteiger partial charge in [0.25, 0.3) is 5.91 Å². The van der Waals surface area contributed by atoms with Gasteiger partial charge in [-0.1, -0.05) is 24.3 Å². The number of hydrogen-bond donors (Lipinski definition) is 0. The predicted molar refractivity (Wildman–Crippen MR) is 133 cm³/mol. The number of nitrogens with zero attached hydrogens (tertiary/aromatic N) is 2. The summed E-state index contributed by atoms with van der Waals surface area (Å²) in [6, 6.07) is 19.0. The number of benzene rings is 3. The van der Waals surface area contributed by atoms with Gasteiger partial charge in [0.2, 0.25) is 0 Å². The maximum absolute atomic E-state index is 13.0.